The Balaban J connectivity index is 2.29. The Morgan fingerprint density at radius 1 is 1.53 bits per heavy atom. The summed E-state index contributed by atoms with van der Waals surface area (Å²) in [7, 11) is 1.60. The lowest BCUT2D eigenvalue weighted by molar-refractivity contribution is 0.177. The predicted octanol–water partition coefficient (Wildman–Crippen LogP) is 1.95. The number of hydrogen-bond donors (Lipinski definition) is 1. The van der Waals surface area contributed by atoms with Crippen LogP contribution in [0.4, 0.5) is 13.9 Å². The van der Waals surface area contributed by atoms with E-state index < -0.39 is 6.43 Å². The highest BCUT2D eigenvalue weighted by Gasteiger charge is 2.08. The number of alkyl halides is 2. The normalized spacial score (nSPS) is 10.9. The Kier molecular flexibility index (Phi) is 5.81. The molecule has 0 saturated carbocycles. The van der Waals surface area contributed by atoms with Crippen LogP contribution >= 0.6 is 23.1 Å². The molecule has 8 heteroatoms. The molecule has 0 aliphatic rings. The van der Waals surface area contributed by atoms with E-state index in [-0.39, 0.29) is 5.75 Å². The summed E-state index contributed by atoms with van der Waals surface area (Å²) in [4.78, 5) is 0. The zero-order valence-electron chi connectivity index (χ0n) is 8.07. The molecule has 4 nitrogen and oxygen atoms in total. The maximum absolute atomic E-state index is 11.9. The van der Waals surface area contributed by atoms with Gasteiger partial charge in [0, 0.05) is 13.7 Å². The molecule has 0 bridgehead atoms. The number of nitrogens with zero attached hydrogens (tertiary/aromatic N) is 2. The number of rotatable bonds is 7. The Morgan fingerprint density at radius 2 is 2.33 bits per heavy atom. The smallest absolute Gasteiger partial charge is 0.248 e. The van der Waals surface area contributed by atoms with Gasteiger partial charge in [0.25, 0.3) is 0 Å². The van der Waals surface area contributed by atoms with Crippen molar-refractivity contribution in [3.8, 4) is 0 Å². The predicted molar refractivity (Wildman–Crippen MR) is 57.0 cm³/mol. The van der Waals surface area contributed by atoms with Gasteiger partial charge in [-0.15, -0.1) is 10.2 Å². The third kappa shape index (κ3) is 5.24. The Bertz CT molecular complexity index is 285. The summed E-state index contributed by atoms with van der Waals surface area (Å²) in [5.74, 6) is -0.243. The molecule has 0 aliphatic heterocycles. The summed E-state index contributed by atoms with van der Waals surface area (Å²) in [6.45, 7) is 1.20. The van der Waals surface area contributed by atoms with Crippen LogP contribution < -0.4 is 5.32 Å². The van der Waals surface area contributed by atoms with E-state index in [4.69, 9.17) is 4.74 Å². The summed E-state index contributed by atoms with van der Waals surface area (Å²) in [5.41, 5.74) is 0. The largest absolute Gasteiger partial charge is 0.383 e. The van der Waals surface area contributed by atoms with E-state index >= 15 is 0 Å². The molecule has 1 aromatic heterocycles. The molecule has 0 atom stereocenters. The molecular formula is C7H11F2N3OS2. The molecule has 0 spiro atoms. The molecular weight excluding hydrogens is 244 g/mol. The van der Waals surface area contributed by atoms with E-state index in [9.17, 15) is 8.78 Å². The molecule has 0 radical (unpaired) electrons. The number of hydrogen-bond acceptors (Lipinski definition) is 6. The van der Waals surface area contributed by atoms with Gasteiger partial charge in [-0.3, -0.25) is 0 Å². The van der Waals surface area contributed by atoms with E-state index in [1.54, 1.807) is 7.11 Å². The van der Waals surface area contributed by atoms with Gasteiger partial charge in [0.2, 0.25) is 11.6 Å². The lowest BCUT2D eigenvalue weighted by atomic mass is 10.7. The molecule has 1 rings (SSSR count). The van der Waals surface area contributed by atoms with Gasteiger partial charge in [-0.25, -0.2) is 8.78 Å². The van der Waals surface area contributed by atoms with Crippen molar-refractivity contribution >= 4 is 28.2 Å². The molecule has 1 aromatic rings. The van der Waals surface area contributed by atoms with Crippen LogP contribution in [-0.2, 0) is 4.74 Å². The molecule has 0 aromatic carbocycles. The summed E-state index contributed by atoms with van der Waals surface area (Å²) in [5, 5.41) is 11.2. The van der Waals surface area contributed by atoms with E-state index in [1.165, 1.54) is 11.3 Å². The van der Waals surface area contributed by atoms with Gasteiger partial charge < -0.3 is 10.1 Å². The first kappa shape index (κ1) is 12.6. The second kappa shape index (κ2) is 6.91. The zero-order valence-corrected chi connectivity index (χ0v) is 9.71. The summed E-state index contributed by atoms with van der Waals surface area (Å²) in [6, 6.07) is 0. The molecule has 86 valence electrons. The van der Waals surface area contributed by atoms with Crippen molar-refractivity contribution in [2.45, 2.75) is 10.8 Å². The molecule has 0 aliphatic carbocycles. The molecule has 1 N–H and O–H groups in total. The first-order valence-corrected chi connectivity index (χ1v) is 6.00. The number of methoxy groups -OCH3 is 1. The van der Waals surface area contributed by atoms with Crippen LogP contribution in [0.3, 0.4) is 0 Å². The number of thioether (sulfide) groups is 1. The molecule has 15 heavy (non-hydrogen) atoms. The summed E-state index contributed by atoms with van der Waals surface area (Å²) in [6.07, 6.45) is -2.32. The average Bonchev–Trinajstić information content (AvgIpc) is 2.63. The summed E-state index contributed by atoms with van der Waals surface area (Å²) < 4.78 is 29.1. The highest BCUT2D eigenvalue weighted by Crippen LogP contribution is 2.26. The van der Waals surface area contributed by atoms with Crippen molar-refractivity contribution in [3.05, 3.63) is 0 Å². The van der Waals surface area contributed by atoms with E-state index in [0.29, 0.717) is 22.6 Å². The van der Waals surface area contributed by atoms with Crippen LogP contribution in [0.25, 0.3) is 0 Å². The Hall–Kier alpha value is -0.470. The van der Waals surface area contributed by atoms with Crippen molar-refractivity contribution in [1.82, 2.24) is 10.2 Å². The van der Waals surface area contributed by atoms with Crippen LogP contribution in [0.15, 0.2) is 4.34 Å². The number of halogens is 2. The maximum Gasteiger partial charge on any atom is 0.248 e. The van der Waals surface area contributed by atoms with Crippen LogP contribution in [0.5, 0.6) is 0 Å². The van der Waals surface area contributed by atoms with Gasteiger partial charge in [-0.1, -0.05) is 23.1 Å². The minimum Gasteiger partial charge on any atom is -0.383 e. The third-order valence-electron chi connectivity index (χ3n) is 1.32. The number of anilines is 1. The highest BCUT2D eigenvalue weighted by molar-refractivity contribution is 8.01. The molecule has 0 fully saturated rings. The Labute approximate surface area is 94.4 Å². The van der Waals surface area contributed by atoms with Crippen molar-refractivity contribution in [1.29, 1.82) is 0 Å². The number of nitrogens with one attached hydrogen (secondary N) is 1. The van der Waals surface area contributed by atoms with Crippen molar-refractivity contribution in [3.63, 3.8) is 0 Å². The van der Waals surface area contributed by atoms with Crippen LogP contribution in [0, 0.1) is 0 Å². The topological polar surface area (TPSA) is 47.0 Å². The first-order chi connectivity index (χ1) is 7.22. The average molecular weight is 255 g/mol. The standard InChI is InChI=1S/C7H11F2N3OS2/c1-13-3-2-10-6-11-12-7(15-6)14-4-5(8)9/h5H,2-4H2,1H3,(H,10,11). The van der Waals surface area contributed by atoms with E-state index in [2.05, 4.69) is 15.5 Å². The second-order valence-corrected chi connectivity index (χ2v) is 4.74. The highest BCUT2D eigenvalue weighted by atomic mass is 32.2. The minimum absolute atomic E-state index is 0.243. The van der Waals surface area contributed by atoms with E-state index in [1.807, 2.05) is 0 Å². The van der Waals surface area contributed by atoms with Gasteiger partial charge >= 0.3 is 0 Å². The lowest BCUT2D eigenvalue weighted by Gasteiger charge is -1.98. The van der Waals surface area contributed by atoms with Gasteiger partial charge in [0.15, 0.2) is 4.34 Å². The lowest BCUT2D eigenvalue weighted by Crippen LogP contribution is -2.06. The number of aromatic nitrogens is 2. The quantitative estimate of drug-likeness (QED) is 0.596. The SMILES string of the molecule is COCCNc1nnc(SCC(F)F)s1. The van der Waals surface area contributed by atoms with E-state index in [0.717, 1.165) is 11.8 Å². The van der Waals surface area contributed by atoms with Crippen LogP contribution in [-0.4, -0.2) is 42.6 Å². The fourth-order valence-corrected chi connectivity index (χ4v) is 2.28. The fraction of sp³-hybridized carbons (Fsp3) is 0.714. The van der Waals surface area contributed by atoms with Crippen molar-refractivity contribution < 1.29 is 13.5 Å². The van der Waals surface area contributed by atoms with Gasteiger partial charge in [0.1, 0.15) is 0 Å². The maximum atomic E-state index is 11.9. The van der Waals surface area contributed by atoms with Gasteiger partial charge in [0.05, 0.1) is 12.4 Å². The van der Waals surface area contributed by atoms with Gasteiger partial charge in [-0.05, 0) is 0 Å². The molecule has 1 heterocycles. The molecule has 0 saturated heterocycles. The molecule has 0 unspecified atom stereocenters. The second-order valence-electron chi connectivity index (χ2n) is 2.49. The Morgan fingerprint density at radius 3 is 3.00 bits per heavy atom. The number of ether oxygens (including phenoxy) is 1. The summed E-state index contributed by atoms with van der Waals surface area (Å²) >= 11 is 2.28. The van der Waals surface area contributed by atoms with Crippen molar-refractivity contribution in [2.75, 3.05) is 31.3 Å². The van der Waals surface area contributed by atoms with Crippen LogP contribution in [0.2, 0.25) is 0 Å². The molecule has 0 amide bonds. The minimum atomic E-state index is -2.32. The third-order valence-corrected chi connectivity index (χ3v) is 3.35. The fourth-order valence-electron chi connectivity index (χ4n) is 0.734. The van der Waals surface area contributed by atoms with Gasteiger partial charge in [-0.2, -0.15) is 0 Å². The monoisotopic (exact) mass is 255 g/mol. The zero-order chi connectivity index (χ0) is 11.1. The van der Waals surface area contributed by atoms with Crippen molar-refractivity contribution in [2.24, 2.45) is 0 Å². The first-order valence-electron chi connectivity index (χ1n) is 4.19. The van der Waals surface area contributed by atoms with Crippen LogP contribution in [0.1, 0.15) is 0 Å².